The number of rotatable bonds is 13. The largest absolute Gasteiger partial charge is 0.481 e. The molecule has 1 aromatic heterocycles. The first-order valence-corrected chi connectivity index (χ1v) is 14.1. The van der Waals surface area contributed by atoms with Crippen molar-refractivity contribution in [1.29, 1.82) is 0 Å². The van der Waals surface area contributed by atoms with Gasteiger partial charge in [-0.3, -0.25) is 14.4 Å². The Morgan fingerprint density at radius 3 is 1.95 bits per heavy atom. The average Bonchev–Trinajstić information content (AvgIpc) is 2.85. The third-order valence-electron chi connectivity index (χ3n) is 5.37. The number of nitrogens with zero attached hydrogens (tertiary/aromatic N) is 3. The predicted molar refractivity (Wildman–Crippen MR) is 147 cm³/mol. The monoisotopic (exact) mass is 599 g/mol. The highest BCUT2D eigenvalue weighted by atomic mass is 32.2. The van der Waals surface area contributed by atoms with Crippen molar-refractivity contribution < 1.29 is 52.7 Å². The van der Waals surface area contributed by atoms with Crippen LogP contribution in [0.3, 0.4) is 0 Å². The summed E-state index contributed by atoms with van der Waals surface area (Å²) in [5.41, 5.74) is 1.80. The lowest BCUT2D eigenvalue weighted by atomic mass is 9.97. The molecular weight excluding hydrogens is 565 g/mol. The van der Waals surface area contributed by atoms with E-state index in [2.05, 4.69) is 9.97 Å². The lowest BCUT2D eigenvalue weighted by Crippen LogP contribution is -2.27. The smallest absolute Gasteiger partial charge is 0.305 e. The predicted octanol–water partition coefficient (Wildman–Crippen LogP) is 2.34. The minimum absolute atomic E-state index is 0.0601. The van der Waals surface area contributed by atoms with E-state index in [4.69, 9.17) is 15.3 Å². The molecule has 2 aromatic rings. The fourth-order valence-corrected chi connectivity index (χ4v) is 3.64. The molecule has 0 amide bonds. The maximum Gasteiger partial charge on any atom is 0.305 e. The lowest BCUT2D eigenvalue weighted by Gasteiger charge is -2.20. The number of anilines is 1. The van der Waals surface area contributed by atoms with Crippen LogP contribution in [-0.2, 0) is 24.4 Å². The van der Waals surface area contributed by atoms with E-state index in [0.29, 0.717) is 22.5 Å². The fourth-order valence-electron chi connectivity index (χ4n) is 3.26. The summed E-state index contributed by atoms with van der Waals surface area (Å²) in [7, 11) is -2.33. The Kier molecular flexibility index (Phi) is 13.5. The van der Waals surface area contributed by atoms with Gasteiger partial charge >= 0.3 is 17.9 Å². The minimum atomic E-state index is -3.65. The number of halogens is 1. The molecule has 0 bridgehead atoms. The van der Waals surface area contributed by atoms with Gasteiger partial charge in [-0.25, -0.2) is 27.1 Å². The second-order valence-electron chi connectivity index (χ2n) is 9.26. The SMILES string of the molecule is CC(C)c1nc(N(C)S(C)(=O)=O)nc(-c2ccc(F)cc2)c1/C=C/C(O)CC(O)CC(=O)O.O=C(O)CCC(=O)O. The molecule has 0 aliphatic heterocycles. The molecule has 5 N–H and O–H groups in total. The first kappa shape index (κ1) is 35.1. The quantitative estimate of drug-likeness (QED) is 0.224. The molecule has 15 heteroatoms. The van der Waals surface area contributed by atoms with E-state index in [-0.39, 0.29) is 31.1 Å². The Labute approximate surface area is 236 Å². The average molecular weight is 600 g/mol. The number of carboxylic acids is 3. The summed E-state index contributed by atoms with van der Waals surface area (Å²) in [6, 6.07) is 5.49. The van der Waals surface area contributed by atoms with Gasteiger partial charge in [-0.05, 0) is 30.2 Å². The molecule has 1 aromatic carbocycles. The molecule has 1 heterocycles. The second kappa shape index (κ2) is 15.7. The number of aliphatic hydroxyl groups excluding tert-OH is 2. The molecule has 0 radical (unpaired) electrons. The molecule has 0 aliphatic carbocycles. The van der Waals surface area contributed by atoms with Crippen LogP contribution in [0.1, 0.15) is 56.7 Å². The number of benzene rings is 1. The van der Waals surface area contributed by atoms with Gasteiger partial charge in [-0.2, -0.15) is 0 Å². The summed E-state index contributed by atoms with van der Waals surface area (Å²) < 4.78 is 38.6. The highest BCUT2D eigenvalue weighted by molar-refractivity contribution is 7.92. The molecule has 0 spiro atoms. The summed E-state index contributed by atoms with van der Waals surface area (Å²) in [6.07, 6.45) is 0.267. The first-order chi connectivity index (χ1) is 18.9. The van der Waals surface area contributed by atoms with Crippen LogP contribution in [0.4, 0.5) is 10.3 Å². The van der Waals surface area contributed by atoms with Gasteiger partial charge in [-0.15, -0.1) is 0 Å². The van der Waals surface area contributed by atoms with E-state index in [9.17, 15) is 37.4 Å². The van der Waals surface area contributed by atoms with Crippen molar-refractivity contribution in [2.75, 3.05) is 17.6 Å². The van der Waals surface area contributed by atoms with Crippen LogP contribution in [0.15, 0.2) is 30.3 Å². The Morgan fingerprint density at radius 2 is 1.51 bits per heavy atom. The van der Waals surface area contributed by atoms with Crippen molar-refractivity contribution in [3.8, 4) is 11.3 Å². The first-order valence-electron chi connectivity index (χ1n) is 12.2. The number of carbonyl (C=O) groups is 3. The van der Waals surface area contributed by atoms with Gasteiger partial charge in [0.25, 0.3) is 0 Å². The number of aromatic nitrogens is 2. The molecule has 41 heavy (non-hydrogen) atoms. The second-order valence-corrected chi connectivity index (χ2v) is 11.3. The van der Waals surface area contributed by atoms with Gasteiger partial charge in [0.2, 0.25) is 16.0 Å². The molecule has 0 fully saturated rings. The van der Waals surface area contributed by atoms with Gasteiger partial charge in [-0.1, -0.05) is 26.0 Å². The van der Waals surface area contributed by atoms with Crippen LogP contribution in [0.5, 0.6) is 0 Å². The van der Waals surface area contributed by atoms with Crippen LogP contribution in [0, 0.1) is 5.82 Å². The molecule has 0 saturated carbocycles. The maximum atomic E-state index is 13.5. The van der Waals surface area contributed by atoms with Crippen molar-refractivity contribution in [3.05, 3.63) is 47.4 Å². The topological polar surface area (TPSA) is 216 Å². The van der Waals surface area contributed by atoms with Crippen LogP contribution in [-0.4, -0.2) is 87.3 Å². The van der Waals surface area contributed by atoms with E-state index < -0.39 is 52.4 Å². The number of hydrogen-bond donors (Lipinski definition) is 5. The Balaban J connectivity index is 0.000000915. The van der Waals surface area contributed by atoms with Gasteiger partial charge in [0, 0.05) is 24.6 Å². The van der Waals surface area contributed by atoms with Crippen molar-refractivity contribution >= 4 is 40.0 Å². The van der Waals surface area contributed by atoms with Crippen LogP contribution >= 0.6 is 0 Å². The number of aliphatic hydroxyl groups is 2. The minimum Gasteiger partial charge on any atom is -0.481 e. The summed E-state index contributed by atoms with van der Waals surface area (Å²) in [4.78, 5) is 38.8. The Bertz CT molecular complexity index is 1330. The zero-order chi connectivity index (χ0) is 31.5. The molecule has 2 rings (SSSR count). The van der Waals surface area contributed by atoms with Gasteiger partial charge in [0.15, 0.2) is 0 Å². The zero-order valence-electron chi connectivity index (χ0n) is 22.9. The van der Waals surface area contributed by atoms with E-state index in [0.717, 1.165) is 10.6 Å². The summed E-state index contributed by atoms with van der Waals surface area (Å²) in [6.45, 7) is 3.71. The molecule has 2 atom stereocenters. The third kappa shape index (κ3) is 12.4. The van der Waals surface area contributed by atoms with Crippen LogP contribution in [0.2, 0.25) is 0 Å². The molecule has 2 unspecified atom stereocenters. The molecule has 0 saturated heterocycles. The standard InChI is InChI=1S/C22H28FN3O6S.C4H6O4/c1-13(2)20-18(10-9-16(27)11-17(28)12-19(29)30)21(14-5-7-15(23)8-6-14)25-22(24-20)26(3)33(4,31)32;5-3(6)1-2-4(7)8/h5-10,13,16-17,27-28H,11-12H2,1-4H3,(H,29,30);1-2H2,(H,5,6)(H,7,8)/b10-9+;. The Morgan fingerprint density at radius 1 is 0.976 bits per heavy atom. The van der Waals surface area contributed by atoms with Crippen molar-refractivity contribution in [3.63, 3.8) is 0 Å². The molecule has 0 aliphatic rings. The molecule has 13 nitrogen and oxygen atoms in total. The lowest BCUT2D eigenvalue weighted by molar-refractivity contribution is -0.143. The summed E-state index contributed by atoms with van der Waals surface area (Å²) in [5.74, 6) is -4.02. The van der Waals surface area contributed by atoms with E-state index in [1.807, 2.05) is 13.8 Å². The van der Waals surface area contributed by atoms with Gasteiger partial charge < -0.3 is 25.5 Å². The maximum absolute atomic E-state index is 13.5. The highest BCUT2D eigenvalue weighted by Gasteiger charge is 2.22. The van der Waals surface area contributed by atoms with E-state index in [1.54, 1.807) is 0 Å². The third-order valence-corrected chi connectivity index (χ3v) is 6.53. The van der Waals surface area contributed by atoms with Crippen LogP contribution < -0.4 is 4.31 Å². The number of aliphatic carboxylic acids is 3. The normalized spacial score (nSPS) is 12.9. The zero-order valence-corrected chi connectivity index (χ0v) is 23.7. The molecule has 226 valence electrons. The number of sulfonamides is 1. The van der Waals surface area contributed by atoms with Crippen molar-refractivity contribution in [2.45, 2.75) is 57.7 Å². The van der Waals surface area contributed by atoms with E-state index >= 15 is 0 Å². The van der Waals surface area contributed by atoms with Crippen LogP contribution in [0.25, 0.3) is 17.3 Å². The number of carboxylic acid groups (broad SMARTS) is 3. The highest BCUT2D eigenvalue weighted by Crippen LogP contribution is 2.31. The molecular formula is C26H34FN3O10S. The fraction of sp³-hybridized carbons (Fsp3) is 0.423. The summed E-state index contributed by atoms with van der Waals surface area (Å²) in [5, 5.41) is 44.6. The van der Waals surface area contributed by atoms with Crippen molar-refractivity contribution in [1.82, 2.24) is 9.97 Å². The van der Waals surface area contributed by atoms with Gasteiger partial charge in [0.1, 0.15) is 5.82 Å². The summed E-state index contributed by atoms with van der Waals surface area (Å²) >= 11 is 0. The van der Waals surface area contributed by atoms with Crippen molar-refractivity contribution in [2.24, 2.45) is 0 Å². The Hall–Kier alpha value is -3.95. The van der Waals surface area contributed by atoms with E-state index in [1.165, 1.54) is 43.5 Å². The number of hydrogen-bond acceptors (Lipinski definition) is 9. The van der Waals surface area contributed by atoms with Gasteiger partial charge in [0.05, 0.1) is 49.1 Å².